The van der Waals surface area contributed by atoms with Crippen LogP contribution in [0.5, 0.6) is 0 Å². The van der Waals surface area contributed by atoms with Crippen LogP contribution in [0, 0.1) is 0 Å². The van der Waals surface area contributed by atoms with E-state index in [0.29, 0.717) is 6.42 Å². The molecule has 1 aromatic rings. The van der Waals surface area contributed by atoms with E-state index in [4.69, 9.17) is 0 Å². The Hall–Kier alpha value is -1.84. The van der Waals surface area contributed by atoms with Crippen molar-refractivity contribution in [3.05, 3.63) is 29.8 Å². The number of carbonyl (C=O) groups excluding carboxylic acids is 2. The number of hydrogen-bond acceptors (Lipinski definition) is 2. The van der Waals surface area contributed by atoms with Crippen LogP contribution in [0.2, 0.25) is 0 Å². The second kappa shape index (κ2) is 5.27. The molecule has 0 spiro atoms. The molecule has 4 heteroatoms. The van der Waals surface area contributed by atoms with Crippen LogP contribution in [-0.2, 0) is 11.2 Å². The Balaban J connectivity index is 1.81. The van der Waals surface area contributed by atoms with Gasteiger partial charge >= 0.3 is 6.03 Å². The van der Waals surface area contributed by atoms with E-state index in [1.165, 1.54) is 24.2 Å². The topological polar surface area (TPSA) is 40.6 Å². The third-order valence-electron chi connectivity index (χ3n) is 4.44. The summed E-state index contributed by atoms with van der Waals surface area (Å²) in [7, 11) is 1.83. The standard InChI is InChI=1S/C16H20N2O2/c1-17(13-8-3-2-4-9-13)16(20)18-14-10-6-5-7-12(14)11-15(18)19/h5-7,10,13H,2-4,8-9,11H2,1H3. The number of imide groups is 1. The molecule has 20 heavy (non-hydrogen) atoms. The van der Waals surface area contributed by atoms with Crippen LogP contribution < -0.4 is 4.90 Å². The van der Waals surface area contributed by atoms with Gasteiger partial charge in [0.1, 0.15) is 0 Å². The largest absolute Gasteiger partial charge is 0.331 e. The van der Waals surface area contributed by atoms with Crippen LogP contribution in [0.3, 0.4) is 0 Å². The molecule has 1 saturated carbocycles. The SMILES string of the molecule is CN(C(=O)N1C(=O)Cc2ccccc21)C1CCCCC1. The Kier molecular flexibility index (Phi) is 3.47. The van der Waals surface area contributed by atoms with Crippen molar-refractivity contribution < 1.29 is 9.59 Å². The van der Waals surface area contributed by atoms with E-state index in [-0.39, 0.29) is 18.0 Å². The van der Waals surface area contributed by atoms with Gasteiger partial charge in [0.15, 0.2) is 0 Å². The Bertz CT molecular complexity index is 535. The summed E-state index contributed by atoms with van der Waals surface area (Å²) < 4.78 is 0. The van der Waals surface area contributed by atoms with Crippen molar-refractivity contribution in [1.29, 1.82) is 0 Å². The fourth-order valence-corrected chi connectivity index (χ4v) is 3.25. The van der Waals surface area contributed by atoms with Crippen molar-refractivity contribution >= 4 is 17.6 Å². The predicted octanol–water partition coefficient (Wildman–Crippen LogP) is 2.96. The van der Waals surface area contributed by atoms with Gasteiger partial charge in [-0.2, -0.15) is 0 Å². The van der Waals surface area contributed by atoms with Crippen molar-refractivity contribution in [3.63, 3.8) is 0 Å². The number of rotatable bonds is 1. The molecule has 0 radical (unpaired) electrons. The zero-order chi connectivity index (χ0) is 14.1. The van der Waals surface area contributed by atoms with Crippen LogP contribution in [0.15, 0.2) is 24.3 Å². The molecule has 0 saturated heterocycles. The summed E-state index contributed by atoms with van der Waals surface area (Å²) in [6, 6.07) is 7.65. The minimum absolute atomic E-state index is 0.112. The smallest absolute Gasteiger partial charge is 0.324 e. The summed E-state index contributed by atoms with van der Waals surface area (Å²) >= 11 is 0. The summed E-state index contributed by atoms with van der Waals surface area (Å²) in [5, 5.41) is 0. The quantitative estimate of drug-likeness (QED) is 0.788. The molecule has 1 aliphatic heterocycles. The number of fused-ring (bicyclic) bond motifs is 1. The van der Waals surface area contributed by atoms with E-state index >= 15 is 0 Å². The lowest BCUT2D eigenvalue weighted by atomic mass is 9.95. The van der Waals surface area contributed by atoms with Crippen LogP contribution in [0.1, 0.15) is 37.7 Å². The minimum Gasteiger partial charge on any atom is -0.324 e. The van der Waals surface area contributed by atoms with Gasteiger partial charge in [-0.3, -0.25) is 4.79 Å². The molecule has 1 fully saturated rings. The first-order chi connectivity index (χ1) is 9.68. The highest BCUT2D eigenvalue weighted by atomic mass is 16.2. The fraction of sp³-hybridized carbons (Fsp3) is 0.500. The normalized spacial score (nSPS) is 19.1. The van der Waals surface area contributed by atoms with Gasteiger partial charge in [0.2, 0.25) is 5.91 Å². The molecule has 3 amide bonds. The molecular formula is C16H20N2O2. The highest BCUT2D eigenvalue weighted by Crippen LogP contribution is 2.30. The number of benzene rings is 1. The first-order valence-corrected chi connectivity index (χ1v) is 7.36. The average molecular weight is 272 g/mol. The van der Waals surface area contributed by atoms with Crippen LogP contribution in [-0.4, -0.2) is 29.9 Å². The average Bonchev–Trinajstić information content (AvgIpc) is 2.82. The number of amides is 3. The maximum absolute atomic E-state index is 12.6. The molecule has 106 valence electrons. The number of nitrogens with zero attached hydrogens (tertiary/aromatic N) is 2. The van der Waals surface area contributed by atoms with E-state index in [0.717, 1.165) is 24.1 Å². The van der Waals surface area contributed by atoms with Crippen molar-refractivity contribution in [2.24, 2.45) is 0 Å². The summed E-state index contributed by atoms with van der Waals surface area (Å²) in [6.07, 6.45) is 6.03. The number of carbonyl (C=O) groups is 2. The van der Waals surface area contributed by atoms with Gasteiger partial charge in [0, 0.05) is 13.1 Å². The number of urea groups is 1. The van der Waals surface area contributed by atoms with Crippen LogP contribution in [0.25, 0.3) is 0 Å². The summed E-state index contributed by atoms with van der Waals surface area (Å²) in [5.41, 5.74) is 1.70. The third kappa shape index (κ3) is 2.19. The van der Waals surface area contributed by atoms with Crippen molar-refractivity contribution in [2.45, 2.75) is 44.6 Å². The molecule has 0 unspecified atom stereocenters. The van der Waals surface area contributed by atoms with Crippen molar-refractivity contribution in [3.8, 4) is 0 Å². The molecule has 2 aliphatic rings. The summed E-state index contributed by atoms with van der Waals surface area (Å²) in [6.45, 7) is 0. The number of para-hydroxylation sites is 1. The number of hydrogen-bond donors (Lipinski definition) is 0. The molecule has 1 aliphatic carbocycles. The summed E-state index contributed by atoms with van der Waals surface area (Å²) in [4.78, 5) is 27.9. The second-order valence-electron chi connectivity index (χ2n) is 5.72. The lowest BCUT2D eigenvalue weighted by molar-refractivity contribution is -0.116. The Morgan fingerprint density at radius 2 is 1.90 bits per heavy atom. The zero-order valence-electron chi connectivity index (χ0n) is 11.8. The Labute approximate surface area is 119 Å². The van der Waals surface area contributed by atoms with Gasteiger partial charge in [-0.15, -0.1) is 0 Å². The van der Waals surface area contributed by atoms with Crippen molar-refractivity contribution in [2.75, 3.05) is 11.9 Å². The highest BCUT2D eigenvalue weighted by Gasteiger charge is 2.35. The molecule has 0 atom stereocenters. The molecule has 3 rings (SSSR count). The van der Waals surface area contributed by atoms with Gasteiger partial charge in [0.05, 0.1) is 12.1 Å². The Morgan fingerprint density at radius 3 is 2.65 bits per heavy atom. The molecule has 1 heterocycles. The van der Waals surface area contributed by atoms with E-state index in [9.17, 15) is 9.59 Å². The van der Waals surface area contributed by atoms with Crippen LogP contribution in [0.4, 0.5) is 10.5 Å². The lowest BCUT2D eigenvalue weighted by Gasteiger charge is -2.33. The van der Waals surface area contributed by atoms with Gasteiger partial charge in [-0.05, 0) is 24.5 Å². The minimum atomic E-state index is -0.174. The van der Waals surface area contributed by atoms with Crippen molar-refractivity contribution in [1.82, 2.24) is 4.90 Å². The summed E-state index contributed by atoms with van der Waals surface area (Å²) in [5.74, 6) is -0.112. The van der Waals surface area contributed by atoms with Gasteiger partial charge in [-0.1, -0.05) is 37.5 Å². The van der Waals surface area contributed by atoms with Gasteiger partial charge in [0.25, 0.3) is 0 Å². The van der Waals surface area contributed by atoms with Gasteiger partial charge in [-0.25, -0.2) is 9.69 Å². The number of anilines is 1. The highest BCUT2D eigenvalue weighted by molar-refractivity contribution is 6.18. The first kappa shape index (κ1) is 13.2. The molecule has 4 nitrogen and oxygen atoms in total. The first-order valence-electron chi connectivity index (χ1n) is 7.36. The fourth-order valence-electron chi connectivity index (χ4n) is 3.25. The van der Waals surface area contributed by atoms with E-state index in [1.807, 2.05) is 31.3 Å². The second-order valence-corrected chi connectivity index (χ2v) is 5.72. The van der Waals surface area contributed by atoms with E-state index in [1.54, 1.807) is 4.90 Å². The molecule has 1 aromatic carbocycles. The third-order valence-corrected chi connectivity index (χ3v) is 4.44. The monoisotopic (exact) mass is 272 g/mol. The van der Waals surface area contributed by atoms with Gasteiger partial charge < -0.3 is 4.90 Å². The van der Waals surface area contributed by atoms with E-state index in [2.05, 4.69) is 0 Å². The Morgan fingerprint density at radius 1 is 1.20 bits per heavy atom. The zero-order valence-corrected chi connectivity index (χ0v) is 11.8. The van der Waals surface area contributed by atoms with E-state index < -0.39 is 0 Å². The molecule has 0 aromatic heterocycles. The molecule has 0 bridgehead atoms. The predicted molar refractivity (Wildman–Crippen MR) is 77.7 cm³/mol. The molecular weight excluding hydrogens is 252 g/mol. The lowest BCUT2D eigenvalue weighted by Crippen LogP contribution is -2.48. The maximum atomic E-state index is 12.6. The maximum Gasteiger partial charge on any atom is 0.331 e. The van der Waals surface area contributed by atoms with Crippen LogP contribution >= 0.6 is 0 Å². The molecule has 0 N–H and O–H groups in total.